The lowest BCUT2D eigenvalue weighted by Crippen LogP contribution is -2.65. The van der Waals surface area contributed by atoms with Crippen LogP contribution in [-0.4, -0.2) is 23.9 Å². The molecule has 10 heavy (non-hydrogen) atoms. The minimum atomic E-state index is -4.63. The molecule has 1 saturated heterocycles. The van der Waals surface area contributed by atoms with Crippen molar-refractivity contribution in [1.29, 1.82) is 0 Å². The molecule has 56 valence electrons. The molecule has 1 fully saturated rings. The first kappa shape index (κ1) is 7.04. The normalized spacial score (nSPS) is 25.7. The summed E-state index contributed by atoms with van der Waals surface area (Å²) < 4.78 is 34.5. The number of β-lactam (4-membered cyclic amide) rings is 1. The van der Waals surface area contributed by atoms with Crippen molar-refractivity contribution < 1.29 is 22.8 Å². The number of halogens is 3. The number of carbonyl (C=O) groups excluding carboxylic acids is 2. The molecule has 0 aromatic rings. The summed E-state index contributed by atoms with van der Waals surface area (Å²) in [6, 6.07) is -2.26. The highest BCUT2D eigenvalue weighted by molar-refractivity contribution is 6.44. The molecule has 3 nitrogen and oxygen atoms in total. The second-order valence-electron chi connectivity index (χ2n) is 1.81. The molecule has 1 aliphatic heterocycles. The maximum Gasteiger partial charge on any atom is 0.416 e. The first-order chi connectivity index (χ1) is 4.43. The summed E-state index contributed by atoms with van der Waals surface area (Å²) in [7, 11) is 0. The number of hydrogen-bond donors (Lipinski definition) is 1. The molecule has 1 rings (SSSR count). The van der Waals surface area contributed by atoms with Gasteiger partial charge in [-0.1, -0.05) is 0 Å². The molecular weight excluding hydrogens is 151 g/mol. The van der Waals surface area contributed by atoms with Crippen LogP contribution in [0.15, 0.2) is 0 Å². The Morgan fingerprint density at radius 1 is 1.30 bits per heavy atom. The van der Waals surface area contributed by atoms with Crippen LogP contribution in [0, 0.1) is 0 Å². The molecule has 1 heterocycles. The van der Waals surface area contributed by atoms with Gasteiger partial charge in [-0.15, -0.1) is 0 Å². The van der Waals surface area contributed by atoms with Crippen molar-refractivity contribution in [2.75, 3.05) is 0 Å². The monoisotopic (exact) mass is 153 g/mol. The van der Waals surface area contributed by atoms with Crippen LogP contribution in [-0.2, 0) is 9.59 Å². The molecule has 1 unspecified atom stereocenters. The van der Waals surface area contributed by atoms with Gasteiger partial charge in [-0.3, -0.25) is 9.59 Å². The Hall–Kier alpha value is -1.07. The van der Waals surface area contributed by atoms with Crippen molar-refractivity contribution in [3.05, 3.63) is 0 Å². The lowest BCUT2D eigenvalue weighted by molar-refractivity contribution is -0.184. The Morgan fingerprint density at radius 2 is 1.80 bits per heavy atom. The fourth-order valence-electron chi connectivity index (χ4n) is 0.552. The van der Waals surface area contributed by atoms with E-state index >= 15 is 0 Å². The molecule has 0 spiro atoms. The maximum atomic E-state index is 11.5. The smallest absolute Gasteiger partial charge is 0.331 e. The third-order valence-electron chi connectivity index (χ3n) is 1.09. The Morgan fingerprint density at radius 3 is 1.90 bits per heavy atom. The molecule has 0 radical (unpaired) electrons. The summed E-state index contributed by atoms with van der Waals surface area (Å²) in [6.07, 6.45) is -4.63. The van der Waals surface area contributed by atoms with Crippen molar-refractivity contribution >= 4 is 11.7 Å². The first-order valence-corrected chi connectivity index (χ1v) is 2.34. The second kappa shape index (κ2) is 1.71. The highest BCUT2D eigenvalue weighted by Gasteiger charge is 2.54. The van der Waals surface area contributed by atoms with Gasteiger partial charge in [0.15, 0.2) is 6.04 Å². The van der Waals surface area contributed by atoms with Crippen molar-refractivity contribution in [2.45, 2.75) is 12.2 Å². The van der Waals surface area contributed by atoms with Gasteiger partial charge in [0.25, 0.3) is 11.7 Å². The van der Waals surface area contributed by atoms with Crippen LogP contribution in [0.4, 0.5) is 13.2 Å². The molecule has 1 atom stereocenters. The van der Waals surface area contributed by atoms with E-state index in [2.05, 4.69) is 0 Å². The van der Waals surface area contributed by atoms with Gasteiger partial charge in [0, 0.05) is 0 Å². The van der Waals surface area contributed by atoms with Crippen LogP contribution >= 0.6 is 0 Å². The van der Waals surface area contributed by atoms with Crippen LogP contribution in [0.2, 0.25) is 0 Å². The number of amides is 1. The van der Waals surface area contributed by atoms with Crippen molar-refractivity contribution in [3.63, 3.8) is 0 Å². The standard InChI is InChI=1S/C4H2F3NO2/c5-4(6,7)2-1(9)3(10)8-2/h2H,(H,8,10). The van der Waals surface area contributed by atoms with Gasteiger partial charge in [0.05, 0.1) is 0 Å². The van der Waals surface area contributed by atoms with E-state index in [1.165, 1.54) is 5.32 Å². The van der Waals surface area contributed by atoms with E-state index in [1.807, 2.05) is 0 Å². The predicted octanol–water partition coefficient (Wildman–Crippen LogP) is -0.384. The summed E-state index contributed by atoms with van der Waals surface area (Å²) in [5, 5.41) is 1.42. The number of nitrogens with one attached hydrogen (secondary N) is 1. The number of carbonyl (C=O) groups is 2. The van der Waals surface area contributed by atoms with Crippen LogP contribution in [0.25, 0.3) is 0 Å². The summed E-state index contributed by atoms with van der Waals surface area (Å²) >= 11 is 0. The minimum Gasteiger partial charge on any atom is -0.331 e. The second-order valence-corrected chi connectivity index (χ2v) is 1.81. The number of Topliss-reactive ketones (excluding diaryl/α,β-unsaturated/α-hetero) is 1. The van der Waals surface area contributed by atoms with E-state index in [1.54, 1.807) is 0 Å². The molecule has 1 N–H and O–H groups in total. The predicted molar refractivity (Wildman–Crippen MR) is 23.0 cm³/mol. The highest BCUT2D eigenvalue weighted by atomic mass is 19.4. The third-order valence-corrected chi connectivity index (χ3v) is 1.09. The average Bonchev–Trinajstić information content (AvgIpc) is 1.79. The van der Waals surface area contributed by atoms with Crippen LogP contribution in [0.3, 0.4) is 0 Å². The summed E-state index contributed by atoms with van der Waals surface area (Å²) in [4.78, 5) is 20.0. The zero-order valence-electron chi connectivity index (χ0n) is 4.53. The van der Waals surface area contributed by atoms with E-state index in [9.17, 15) is 22.8 Å². The maximum absolute atomic E-state index is 11.5. The number of alkyl halides is 3. The fourth-order valence-corrected chi connectivity index (χ4v) is 0.552. The number of ketones is 1. The topological polar surface area (TPSA) is 46.2 Å². The van der Waals surface area contributed by atoms with Crippen LogP contribution in [0.5, 0.6) is 0 Å². The van der Waals surface area contributed by atoms with E-state index < -0.39 is 23.9 Å². The molecule has 0 aromatic carbocycles. The number of rotatable bonds is 0. The summed E-state index contributed by atoms with van der Waals surface area (Å²) in [5.74, 6) is -2.57. The Balaban J connectivity index is 2.65. The lowest BCUT2D eigenvalue weighted by Gasteiger charge is -2.26. The largest absolute Gasteiger partial charge is 0.416 e. The van der Waals surface area contributed by atoms with Gasteiger partial charge in [-0.2, -0.15) is 13.2 Å². The summed E-state index contributed by atoms with van der Waals surface area (Å²) in [6.45, 7) is 0. The molecule has 1 amide bonds. The Bertz CT molecular complexity index is 197. The zero-order chi connectivity index (χ0) is 7.94. The molecule has 0 aromatic heterocycles. The Kier molecular flexibility index (Phi) is 1.20. The van der Waals surface area contributed by atoms with Gasteiger partial charge in [-0.05, 0) is 0 Å². The minimum absolute atomic E-state index is 1.16. The van der Waals surface area contributed by atoms with Gasteiger partial charge >= 0.3 is 6.18 Å². The van der Waals surface area contributed by atoms with Gasteiger partial charge in [-0.25, -0.2) is 0 Å². The summed E-state index contributed by atoms with van der Waals surface area (Å²) in [5.41, 5.74) is 0. The number of hydrogen-bond acceptors (Lipinski definition) is 2. The van der Waals surface area contributed by atoms with Gasteiger partial charge in [0.2, 0.25) is 0 Å². The zero-order valence-corrected chi connectivity index (χ0v) is 4.53. The average molecular weight is 153 g/mol. The van der Waals surface area contributed by atoms with E-state index in [4.69, 9.17) is 0 Å². The molecule has 0 bridgehead atoms. The van der Waals surface area contributed by atoms with Crippen LogP contribution in [0.1, 0.15) is 0 Å². The quantitative estimate of drug-likeness (QED) is 0.380. The molecular formula is C4H2F3NO2. The van der Waals surface area contributed by atoms with Gasteiger partial charge < -0.3 is 5.32 Å². The van der Waals surface area contributed by atoms with Crippen molar-refractivity contribution in [1.82, 2.24) is 5.32 Å². The van der Waals surface area contributed by atoms with Gasteiger partial charge in [0.1, 0.15) is 0 Å². The van der Waals surface area contributed by atoms with Crippen molar-refractivity contribution in [3.8, 4) is 0 Å². The molecule has 0 saturated carbocycles. The first-order valence-electron chi connectivity index (χ1n) is 2.34. The van der Waals surface area contributed by atoms with E-state index in [-0.39, 0.29) is 0 Å². The molecule has 0 aliphatic carbocycles. The molecule has 6 heteroatoms. The third kappa shape index (κ3) is 0.850. The Labute approximate surface area is 53.2 Å². The molecule has 1 aliphatic rings. The van der Waals surface area contributed by atoms with Crippen molar-refractivity contribution in [2.24, 2.45) is 0 Å². The lowest BCUT2D eigenvalue weighted by atomic mass is 10.0. The fraction of sp³-hybridized carbons (Fsp3) is 0.500. The van der Waals surface area contributed by atoms with E-state index in [0.717, 1.165) is 0 Å². The van der Waals surface area contributed by atoms with E-state index in [0.29, 0.717) is 0 Å². The highest BCUT2D eigenvalue weighted by Crippen LogP contribution is 2.24. The SMILES string of the molecule is O=C1NC(C(F)(F)F)C1=O. The van der Waals surface area contributed by atoms with Crippen LogP contribution < -0.4 is 5.32 Å².